The summed E-state index contributed by atoms with van der Waals surface area (Å²) < 4.78 is 5.37. The van der Waals surface area contributed by atoms with Gasteiger partial charge >= 0.3 is 0 Å². The number of aromatic nitrogens is 1. The third kappa shape index (κ3) is 3.69. The van der Waals surface area contributed by atoms with Gasteiger partial charge in [0.25, 0.3) is 5.91 Å². The Balaban J connectivity index is 2.16. The highest BCUT2D eigenvalue weighted by Gasteiger charge is 2.12. The van der Waals surface area contributed by atoms with E-state index in [2.05, 4.69) is 10.3 Å². The summed E-state index contributed by atoms with van der Waals surface area (Å²) in [5, 5.41) is 23.4. The molecule has 2 rings (SSSR count). The number of phenols is 1. The SMILES string of the molecule is CC(CO)Oc1cc(O)cc(C(=O)Nc2nccs2)c1. The zero-order valence-corrected chi connectivity index (χ0v) is 11.6. The number of benzene rings is 1. The van der Waals surface area contributed by atoms with Gasteiger partial charge in [-0.15, -0.1) is 11.3 Å². The van der Waals surface area contributed by atoms with E-state index >= 15 is 0 Å². The fraction of sp³-hybridized carbons (Fsp3) is 0.231. The van der Waals surface area contributed by atoms with E-state index in [4.69, 9.17) is 9.84 Å². The van der Waals surface area contributed by atoms with Crippen LogP contribution in [0.3, 0.4) is 0 Å². The number of hydrogen-bond acceptors (Lipinski definition) is 6. The molecule has 0 radical (unpaired) electrons. The van der Waals surface area contributed by atoms with Gasteiger partial charge < -0.3 is 14.9 Å². The van der Waals surface area contributed by atoms with E-state index in [9.17, 15) is 9.90 Å². The van der Waals surface area contributed by atoms with Gasteiger partial charge in [0.1, 0.15) is 17.6 Å². The molecular weight excluding hydrogens is 280 g/mol. The zero-order chi connectivity index (χ0) is 14.5. The van der Waals surface area contributed by atoms with Crippen molar-refractivity contribution in [3.05, 3.63) is 35.3 Å². The summed E-state index contributed by atoms with van der Waals surface area (Å²) in [6.45, 7) is 1.52. The van der Waals surface area contributed by atoms with Crippen LogP contribution in [0.25, 0.3) is 0 Å². The molecule has 1 atom stereocenters. The van der Waals surface area contributed by atoms with Crippen molar-refractivity contribution in [2.75, 3.05) is 11.9 Å². The molecule has 1 aromatic heterocycles. The Bertz CT molecular complexity index is 586. The third-order valence-electron chi connectivity index (χ3n) is 2.40. The van der Waals surface area contributed by atoms with Gasteiger partial charge in [0, 0.05) is 23.2 Å². The molecule has 0 saturated heterocycles. The molecule has 0 fully saturated rings. The first kappa shape index (κ1) is 14.3. The normalized spacial score (nSPS) is 11.9. The van der Waals surface area contributed by atoms with Gasteiger partial charge in [0.05, 0.1) is 6.61 Å². The van der Waals surface area contributed by atoms with Crippen molar-refractivity contribution >= 4 is 22.4 Å². The number of aliphatic hydroxyl groups excluding tert-OH is 1. The average Bonchev–Trinajstić information content (AvgIpc) is 2.90. The van der Waals surface area contributed by atoms with Crippen molar-refractivity contribution in [3.63, 3.8) is 0 Å². The smallest absolute Gasteiger partial charge is 0.257 e. The molecule has 7 heteroatoms. The molecule has 0 bridgehead atoms. The first-order valence-corrected chi connectivity index (χ1v) is 6.79. The van der Waals surface area contributed by atoms with Crippen molar-refractivity contribution in [1.82, 2.24) is 4.98 Å². The molecule has 2 aromatic rings. The number of amides is 1. The van der Waals surface area contributed by atoms with E-state index in [1.54, 1.807) is 18.5 Å². The number of hydrogen-bond donors (Lipinski definition) is 3. The van der Waals surface area contributed by atoms with Gasteiger partial charge in [-0.25, -0.2) is 4.98 Å². The summed E-state index contributed by atoms with van der Waals surface area (Å²) in [6, 6.07) is 4.21. The molecule has 6 nitrogen and oxygen atoms in total. The van der Waals surface area contributed by atoms with Crippen molar-refractivity contribution in [2.45, 2.75) is 13.0 Å². The number of ether oxygens (including phenoxy) is 1. The molecule has 1 amide bonds. The van der Waals surface area contributed by atoms with Crippen LogP contribution in [0.5, 0.6) is 11.5 Å². The van der Waals surface area contributed by atoms with Crippen molar-refractivity contribution in [2.24, 2.45) is 0 Å². The summed E-state index contributed by atoms with van der Waals surface area (Å²) in [5.74, 6) is -0.162. The van der Waals surface area contributed by atoms with Crippen LogP contribution in [0.15, 0.2) is 29.8 Å². The average molecular weight is 294 g/mol. The molecule has 0 aliphatic heterocycles. The number of nitrogens with zero attached hydrogens (tertiary/aromatic N) is 1. The number of carbonyl (C=O) groups is 1. The van der Waals surface area contributed by atoms with E-state index in [0.29, 0.717) is 10.9 Å². The van der Waals surface area contributed by atoms with Crippen LogP contribution in [0.1, 0.15) is 17.3 Å². The third-order valence-corrected chi connectivity index (χ3v) is 3.09. The molecule has 3 N–H and O–H groups in total. The maximum absolute atomic E-state index is 12.0. The van der Waals surface area contributed by atoms with E-state index in [-0.39, 0.29) is 17.9 Å². The van der Waals surface area contributed by atoms with Crippen LogP contribution >= 0.6 is 11.3 Å². The molecule has 20 heavy (non-hydrogen) atoms. The Morgan fingerprint density at radius 2 is 2.30 bits per heavy atom. The topological polar surface area (TPSA) is 91.7 Å². The lowest BCUT2D eigenvalue weighted by Gasteiger charge is -2.13. The lowest BCUT2D eigenvalue weighted by molar-refractivity contribution is 0.102. The monoisotopic (exact) mass is 294 g/mol. The standard InChI is InChI=1S/C13H14N2O4S/c1-8(7-16)19-11-5-9(4-10(17)6-11)12(18)15-13-14-2-3-20-13/h2-6,8,16-17H,7H2,1H3,(H,14,15,18). The molecule has 106 valence electrons. The van der Waals surface area contributed by atoms with E-state index in [1.165, 1.54) is 29.5 Å². The Hall–Kier alpha value is -2.12. The van der Waals surface area contributed by atoms with Crippen LogP contribution in [0, 0.1) is 0 Å². The zero-order valence-electron chi connectivity index (χ0n) is 10.7. The van der Waals surface area contributed by atoms with E-state index in [1.807, 2.05) is 0 Å². The minimum atomic E-state index is -0.424. The summed E-state index contributed by atoms with van der Waals surface area (Å²) >= 11 is 1.30. The van der Waals surface area contributed by atoms with Gasteiger partial charge in [-0.2, -0.15) is 0 Å². The molecule has 0 aliphatic carbocycles. The van der Waals surface area contributed by atoms with Crippen LogP contribution in [-0.2, 0) is 0 Å². The predicted octanol–water partition coefficient (Wildman–Crippen LogP) is 1.86. The highest BCUT2D eigenvalue weighted by atomic mass is 32.1. The Kier molecular flexibility index (Phi) is 4.54. The first-order chi connectivity index (χ1) is 9.58. The molecule has 0 saturated carbocycles. The molecule has 1 aromatic carbocycles. The summed E-state index contributed by atoms with van der Waals surface area (Å²) in [7, 11) is 0. The number of nitrogens with one attached hydrogen (secondary N) is 1. The Morgan fingerprint density at radius 3 is 2.95 bits per heavy atom. The highest BCUT2D eigenvalue weighted by molar-refractivity contribution is 7.13. The predicted molar refractivity (Wildman–Crippen MR) is 75.3 cm³/mol. The molecule has 1 heterocycles. The summed E-state index contributed by atoms with van der Waals surface area (Å²) in [5.41, 5.74) is 0.250. The van der Waals surface area contributed by atoms with Gasteiger partial charge in [0.2, 0.25) is 0 Å². The minimum Gasteiger partial charge on any atom is -0.508 e. The summed E-state index contributed by atoms with van der Waals surface area (Å²) in [4.78, 5) is 16.0. The number of phenolic OH excluding ortho intramolecular Hbond substituents is 1. The quantitative estimate of drug-likeness (QED) is 0.783. The highest BCUT2D eigenvalue weighted by Crippen LogP contribution is 2.23. The van der Waals surface area contributed by atoms with Crippen molar-refractivity contribution < 1.29 is 19.7 Å². The number of rotatable bonds is 5. The van der Waals surface area contributed by atoms with Gasteiger partial charge in [-0.1, -0.05) is 0 Å². The Morgan fingerprint density at radius 1 is 1.50 bits per heavy atom. The van der Waals surface area contributed by atoms with E-state index < -0.39 is 12.0 Å². The maximum atomic E-state index is 12.0. The molecular formula is C13H14N2O4S. The fourth-order valence-electron chi connectivity index (χ4n) is 1.51. The number of anilines is 1. The number of thiazole rings is 1. The maximum Gasteiger partial charge on any atom is 0.257 e. The fourth-order valence-corrected chi connectivity index (χ4v) is 2.03. The second kappa shape index (κ2) is 6.36. The van der Waals surface area contributed by atoms with Gasteiger partial charge in [0.15, 0.2) is 5.13 Å². The lowest BCUT2D eigenvalue weighted by atomic mass is 10.2. The minimum absolute atomic E-state index is 0.0862. The number of aliphatic hydroxyl groups is 1. The van der Waals surface area contributed by atoms with Gasteiger partial charge in [-0.3, -0.25) is 10.1 Å². The second-order valence-corrected chi connectivity index (χ2v) is 5.01. The van der Waals surface area contributed by atoms with Crippen molar-refractivity contribution in [3.8, 4) is 11.5 Å². The number of carbonyl (C=O) groups excluding carboxylic acids is 1. The van der Waals surface area contributed by atoms with Gasteiger partial charge in [-0.05, 0) is 19.1 Å². The largest absolute Gasteiger partial charge is 0.508 e. The van der Waals surface area contributed by atoms with Crippen LogP contribution < -0.4 is 10.1 Å². The lowest BCUT2D eigenvalue weighted by Crippen LogP contribution is -2.17. The van der Waals surface area contributed by atoms with Crippen LogP contribution in [0.2, 0.25) is 0 Å². The summed E-state index contributed by atoms with van der Waals surface area (Å²) in [6.07, 6.45) is 1.16. The molecule has 0 spiro atoms. The van der Waals surface area contributed by atoms with Crippen LogP contribution in [-0.4, -0.2) is 33.8 Å². The molecule has 1 unspecified atom stereocenters. The van der Waals surface area contributed by atoms with Crippen LogP contribution in [0.4, 0.5) is 5.13 Å². The first-order valence-electron chi connectivity index (χ1n) is 5.91. The van der Waals surface area contributed by atoms with Crippen molar-refractivity contribution in [1.29, 1.82) is 0 Å². The number of aromatic hydroxyl groups is 1. The Labute approximate surface area is 119 Å². The second-order valence-electron chi connectivity index (χ2n) is 4.12. The van der Waals surface area contributed by atoms with E-state index in [0.717, 1.165) is 0 Å². The molecule has 0 aliphatic rings.